The minimum Gasteiger partial charge on any atom is -0.335 e. The lowest BCUT2D eigenvalue weighted by Gasteiger charge is -2.27. The van der Waals surface area contributed by atoms with Crippen molar-refractivity contribution in [1.82, 2.24) is 10.6 Å². The number of nitrogens with one attached hydrogen (secondary N) is 2. The predicted octanol–water partition coefficient (Wildman–Crippen LogP) is 4.08. The van der Waals surface area contributed by atoms with E-state index in [4.69, 9.17) is 0 Å². The van der Waals surface area contributed by atoms with Gasteiger partial charge in [0.1, 0.15) is 0 Å². The molecule has 2 saturated carbocycles. The summed E-state index contributed by atoms with van der Waals surface area (Å²) in [6.07, 6.45) is 4.96. The van der Waals surface area contributed by atoms with Crippen LogP contribution in [0.1, 0.15) is 43.6 Å². The second-order valence-electron chi connectivity index (χ2n) is 7.30. The van der Waals surface area contributed by atoms with Crippen molar-refractivity contribution in [2.45, 2.75) is 50.1 Å². The fourth-order valence-corrected chi connectivity index (χ4v) is 4.00. The Bertz CT molecular complexity index is 825. The molecule has 2 aliphatic carbocycles. The van der Waals surface area contributed by atoms with Gasteiger partial charge in [-0.2, -0.15) is 5.26 Å². The zero-order valence-corrected chi connectivity index (χ0v) is 14.2. The summed E-state index contributed by atoms with van der Waals surface area (Å²) < 4.78 is 0. The van der Waals surface area contributed by atoms with Crippen molar-refractivity contribution < 1.29 is 4.79 Å². The molecule has 2 N–H and O–H groups in total. The number of nitriles is 1. The maximum atomic E-state index is 12.3. The fourth-order valence-electron chi connectivity index (χ4n) is 4.00. The topological polar surface area (TPSA) is 64.9 Å². The number of fused-ring (bicyclic) bond motifs is 1. The number of rotatable bonds is 3. The van der Waals surface area contributed by atoms with Gasteiger partial charge in [-0.1, -0.05) is 55.3 Å². The zero-order chi connectivity index (χ0) is 17.2. The summed E-state index contributed by atoms with van der Waals surface area (Å²) in [6.45, 7) is 0. The van der Waals surface area contributed by atoms with Crippen molar-refractivity contribution in [3.05, 3.63) is 48.0 Å². The van der Waals surface area contributed by atoms with Gasteiger partial charge in [-0.05, 0) is 35.6 Å². The van der Waals surface area contributed by atoms with Gasteiger partial charge >= 0.3 is 6.03 Å². The number of carbonyl (C=O) groups excluding carboxylic acids is 1. The number of amides is 2. The first-order chi connectivity index (χ1) is 12.2. The molecule has 0 bridgehead atoms. The van der Waals surface area contributed by atoms with Gasteiger partial charge < -0.3 is 10.6 Å². The first kappa shape index (κ1) is 16.0. The van der Waals surface area contributed by atoms with E-state index in [0.717, 1.165) is 32.1 Å². The first-order valence-electron chi connectivity index (χ1n) is 9.20. The number of hydrogen-bond donors (Lipinski definition) is 2. The summed E-state index contributed by atoms with van der Waals surface area (Å²) in [6, 6.07) is 17.3. The standard InChI is InChI=1S/C21H23N3O/c22-13-17-7-3-4-8-19(17)23-21(25)24-20-12-18(20)16-10-9-14-5-1-2-6-15(14)11-16/h1-2,5-6,9-11,17-20H,3-4,7-8,12H2,(H2,23,24,25)/t17?,18-,19?,20+/m0/s1. The molecule has 128 valence electrons. The predicted molar refractivity (Wildman–Crippen MR) is 98.1 cm³/mol. The average Bonchev–Trinajstić information content (AvgIpc) is 3.40. The van der Waals surface area contributed by atoms with Crippen LogP contribution in [0.4, 0.5) is 4.79 Å². The van der Waals surface area contributed by atoms with Gasteiger partial charge in [0.2, 0.25) is 0 Å². The van der Waals surface area contributed by atoms with Gasteiger partial charge in [0.25, 0.3) is 0 Å². The number of urea groups is 1. The highest BCUT2D eigenvalue weighted by Crippen LogP contribution is 2.41. The lowest BCUT2D eigenvalue weighted by Crippen LogP contribution is -2.47. The highest BCUT2D eigenvalue weighted by atomic mass is 16.2. The van der Waals surface area contributed by atoms with Gasteiger partial charge in [0.15, 0.2) is 0 Å². The monoisotopic (exact) mass is 333 g/mol. The summed E-state index contributed by atoms with van der Waals surface area (Å²) in [5, 5.41) is 17.8. The highest BCUT2D eigenvalue weighted by molar-refractivity contribution is 5.83. The average molecular weight is 333 g/mol. The van der Waals surface area contributed by atoms with Crippen molar-refractivity contribution >= 4 is 16.8 Å². The molecule has 2 fully saturated rings. The highest BCUT2D eigenvalue weighted by Gasteiger charge is 2.40. The third-order valence-corrected chi connectivity index (χ3v) is 5.56. The third-order valence-electron chi connectivity index (χ3n) is 5.56. The van der Waals surface area contributed by atoms with E-state index in [1.807, 2.05) is 6.07 Å². The second kappa shape index (κ2) is 6.76. The summed E-state index contributed by atoms with van der Waals surface area (Å²) in [4.78, 5) is 12.3. The summed E-state index contributed by atoms with van der Waals surface area (Å²) in [5.41, 5.74) is 1.29. The molecule has 2 unspecified atom stereocenters. The minimum absolute atomic E-state index is 0.00313. The van der Waals surface area contributed by atoms with Crippen LogP contribution in [0.25, 0.3) is 10.8 Å². The third kappa shape index (κ3) is 3.46. The van der Waals surface area contributed by atoms with E-state index in [-0.39, 0.29) is 24.0 Å². The Morgan fingerprint density at radius 2 is 1.76 bits per heavy atom. The Labute approximate surface area is 148 Å². The number of carbonyl (C=O) groups is 1. The van der Waals surface area contributed by atoms with E-state index >= 15 is 0 Å². The molecule has 0 aliphatic heterocycles. The first-order valence-corrected chi connectivity index (χ1v) is 9.20. The Hall–Kier alpha value is -2.54. The molecular formula is C21H23N3O. The van der Waals surface area contributed by atoms with Crippen molar-refractivity contribution in [3.8, 4) is 6.07 Å². The van der Waals surface area contributed by atoms with Crippen LogP contribution in [0.5, 0.6) is 0 Å². The maximum Gasteiger partial charge on any atom is 0.315 e. The molecule has 0 heterocycles. The number of hydrogen-bond acceptors (Lipinski definition) is 2. The van der Waals surface area contributed by atoms with Crippen LogP contribution in [0.15, 0.2) is 42.5 Å². The molecule has 0 spiro atoms. The Kier molecular flexibility index (Phi) is 4.31. The van der Waals surface area contributed by atoms with E-state index in [2.05, 4.69) is 53.1 Å². The number of nitrogens with zero attached hydrogens (tertiary/aromatic N) is 1. The van der Waals surface area contributed by atoms with E-state index < -0.39 is 0 Å². The molecule has 25 heavy (non-hydrogen) atoms. The van der Waals surface area contributed by atoms with Crippen molar-refractivity contribution in [3.63, 3.8) is 0 Å². The second-order valence-corrected chi connectivity index (χ2v) is 7.30. The molecule has 4 rings (SSSR count). The smallest absolute Gasteiger partial charge is 0.315 e. The zero-order valence-electron chi connectivity index (χ0n) is 14.2. The molecule has 0 radical (unpaired) electrons. The molecule has 4 nitrogen and oxygen atoms in total. The SMILES string of the molecule is N#CC1CCCCC1NC(=O)N[C@@H]1C[C@H]1c1ccc2ccccc2c1. The van der Waals surface area contributed by atoms with E-state index in [0.29, 0.717) is 5.92 Å². The molecule has 4 atom stereocenters. The van der Waals surface area contributed by atoms with Gasteiger partial charge in [-0.3, -0.25) is 0 Å². The lowest BCUT2D eigenvalue weighted by atomic mass is 9.85. The van der Waals surface area contributed by atoms with Crippen LogP contribution in [-0.2, 0) is 0 Å². The van der Waals surface area contributed by atoms with Gasteiger partial charge in [0.05, 0.1) is 12.0 Å². The lowest BCUT2D eigenvalue weighted by molar-refractivity contribution is 0.226. The largest absolute Gasteiger partial charge is 0.335 e. The maximum absolute atomic E-state index is 12.3. The normalized spacial score (nSPS) is 28.1. The van der Waals surface area contributed by atoms with Crippen LogP contribution in [0, 0.1) is 17.2 Å². The van der Waals surface area contributed by atoms with Gasteiger partial charge in [-0.15, -0.1) is 0 Å². The Balaban J connectivity index is 1.35. The molecule has 4 heteroatoms. The molecule has 2 aliphatic rings. The summed E-state index contributed by atoms with van der Waals surface area (Å²) >= 11 is 0. The van der Waals surface area contributed by atoms with Crippen molar-refractivity contribution in [2.75, 3.05) is 0 Å². The van der Waals surface area contributed by atoms with Crippen LogP contribution in [0.2, 0.25) is 0 Å². The van der Waals surface area contributed by atoms with Crippen LogP contribution in [0.3, 0.4) is 0 Å². The van der Waals surface area contributed by atoms with E-state index in [1.165, 1.54) is 16.3 Å². The van der Waals surface area contributed by atoms with E-state index in [1.54, 1.807) is 0 Å². The molecule has 0 aromatic heterocycles. The molecular weight excluding hydrogens is 310 g/mol. The fraction of sp³-hybridized carbons (Fsp3) is 0.429. The minimum atomic E-state index is -0.125. The van der Waals surface area contributed by atoms with Crippen LogP contribution >= 0.6 is 0 Å². The Morgan fingerprint density at radius 1 is 1.00 bits per heavy atom. The Morgan fingerprint density at radius 3 is 2.60 bits per heavy atom. The van der Waals surface area contributed by atoms with Crippen molar-refractivity contribution in [1.29, 1.82) is 5.26 Å². The summed E-state index contributed by atoms with van der Waals surface area (Å²) in [7, 11) is 0. The van der Waals surface area contributed by atoms with Crippen LogP contribution < -0.4 is 10.6 Å². The number of benzene rings is 2. The molecule has 2 aromatic rings. The van der Waals surface area contributed by atoms with E-state index in [9.17, 15) is 10.1 Å². The quantitative estimate of drug-likeness (QED) is 0.889. The summed E-state index contributed by atoms with van der Waals surface area (Å²) in [5.74, 6) is 0.350. The molecule has 2 aromatic carbocycles. The van der Waals surface area contributed by atoms with Gasteiger partial charge in [0, 0.05) is 18.0 Å². The van der Waals surface area contributed by atoms with Gasteiger partial charge in [-0.25, -0.2) is 4.79 Å². The molecule has 2 amide bonds. The van der Waals surface area contributed by atoms with Crippen LogP contribution in [-0.4, -0.2) is 18.1 Å². The molecule has 0 saturated heterocycles. The van der Waals surface area contributed by atoms with Crippen molar-refractivity contribution in [2.24, 2.45) is 5.92 Å².